The molecule has 0 aromatic carbocycles. The van der Waals surface area contributed by atoms with Gasteiger partial charge in [0.05, 0.1) is 0 Å². The fraction of sp³-hybridized carbons (Fsp3) is 0.917. The number of carbonyl (C=O) groups is 1. The molecular weight excluding hydrogens is 285 g/mol. The van der Waals surface area contributed by atoms with Crippen LogP contribution in [0.15, 0.2) is 0 Å². The molecule has 2 fully saturated rings. The van der Waals surface area contributed by atoms with E-state index in [1.807, 2.05) is 0 Å². The maximum Gasteiger partial charge on any atom is 0.307 e. The number of piperazine rings is 1. The molecule has 2 heterocycles. The summed E-state index contributed by atoms with van der Waals surface area (Å²) < 4.78 is 34.5. The Kier molecular flexibility index (Phi) is 4.98. The Morgan fingerprint density at radius 2 is 1.85 bits per heavy atom. The molecule has 0 saturated carbocycles. The SMILES string of the molecule is CN1CCN(CCCN2CC(S(=O)(=O)F)CC2=O)CC1. The largest absolute Gasteiger partial charge is 0.341 e. The van der Waals surface area contributed by atoms with Crippen LogP contribution in [0.3, 0.4) is 0 Å². The van der Waals surface area contributed by atoms with E-state index in [9.17, 15) is 17.1 Å². The minimum absolute atomic E-state index is 0.000401. The van der Waals surface area contributed by atoms with E-state index in [1.54, 1.807) is 0 Å². The van der Waals surface area contributed by atoms with E-state index in [2.05, 4.69) is 16.8 Å². The predicted octanol–water partition coefficient (Wildman–Crippen LogP) is -0.476. The second-order valence-electron chi connectivity index (χ2n) is 5.64. The van der Waals surface area contributed by atoms with Crippen molar-refractivity contribution in [1.29, 1.82) is 0 Å². The van der Waals surface area contributed by atoms with Crippen LogP contribution in [0.1, 0.15) is 12.8 Å². The van der Waals surface area contributed by atoms with Gasteiger partial charge in [0.15, 0.2) is 0 Å². The summed E-state index contributed by atoms with van der Waals surface area (Å²) in [7, 11) is -2.50. The zero-order valence-corrected chi connectivity index (χ0v) is 12.6. The molecule has 0 bridgehead atoms. The number of hydrogen-bond acceptors (Lipinski definition) is 5. The zero-order valence-electron chi connectivity index (χ0n) is 11.8. The number of rotatable bonds is 5. The summed E-state index contributed by atoms with van der Waals surface area (Å²) in [5, 5.41) is -1.17. The highest BCUT2D eigenvalue weighted by atomic mass is 32.3. The molecule has 1 unspecified atom stereocenters. The third-order valence-electron chi connectivity index (χ3n) is 4.08. The lowest BCUT2D eigenvalue weighted by Crippen LogP contribution is -2.45. The third kappa shape index (κ3) is 4.13. The summed E-state index contributed by atoms with van der Waals surface area (Å²) in [6, 6.07) is 0. The van der Waals surface area contributed by atoms with E-state index in [0.29, 0.717) is 6.54 Å². The van der Waals surface area contributed by atoms with Crippen molar-refractivity contribution in [3.63, 3.8) is 0 Å². The highest BCUT2D eigenvalue weighted by molar-refractivity contribution is 7.87. The maximum absolute atomic E-state index is 12.9. The van der Waals surface area contributed by atoms with Crippen molar-refractivity contribution < 1.29 is 17.1 Å². The molecule has 1 atom stereocenters. The van der Waals surface area contributed by atoms with Crippen LogP contribution in [0.25, 0.3) is 0 Å². The van der Waals surface area contributed by atoms with Gasteiger partial charge in [-0.3, -0.25) is 4.79 Å². The Labute approximate surface area is 119 Å². The number of likely N-dealkylation sites (tertiary alicyclic amines) is 1. The van der Waals surface area contributed by atoms with Crippen LogP contribution in [0.4, 0.5) is 3.89 Å². The molecule has 0 aromatic heterocycles. The normalized spacial score (nSPS) is 26.4. The quantitative estimate of drug-likeness (QED) is 0.642. The lowest BCUT2D eigenvalue weighted by Gasteiger charge is -2.32. The van der Waals surface area contributed by atoms with Crippen LogP contribution in [0, 0.1) is 0 Å². The molecule has 0 aromatic rings. The molecule has 20 heavy (non-hydrogen) atoms. The van der Waals surface area contributed by atoms with Crippen molar-refractivity contribution >= 4 is 16.1 Å². The van der Waals surface area contributed by atoms with Crippen molar-refractivity contribution in [2.75, 3.05) is 52.9 Å². The van der Waals surface area contributed by atoms with Crippen LogP contribution in [0.2, 0.25) is 0 Å². The lowest BCUT2D eigenvalue weighted by molar-refractivity contribution is -0.127. The molecule has 1 amide bonds. The number of carbonyl (C=O) groups excluding carboxylic acids is 1. The third-order valence-corrected chi connectivity index (χ3v) is 5.19. The summed E-state index contributed by atoms with van der Waals surface area (Å²) >= 11 is 0. The maximum atomic E-state index is 12.9. The summed E-state index contributed by atoms with van der Waals surface area (Å²) in [4.78, 5) is 17.7. The molecule has 2 aliphatic heterocycles. The molecule has 0 aliphatic carbocycles. The highest BCUT2D eigenvalue weighted by Crippen LogP contribution is 2.19. The average Bonchev–Trinajstić information content (AvgIpc) is 2.74. The topological polar surface area (TPSA) is 60.9 Å². The predicted molar refractivity (Wildman–Crippen MR) is 73.6 cm³/mol. The minimum Gasteiger partial charge on any atom is -0.341 e. The van der Waals surface area contributed by atoms with Crippen LogP contribution in [-0.2, 0) is 15.0 Å². The van der Waals surface area contributed by atoms with Gasteiger partial charge in [-0.05, 0) is 20.0 Å². The van der Waals surface area contributed by atoms with Gasteiger partial charge in [0.1, 0.15) is 5.25 Å². The van der Waals surface area contributed by atoms with Gasteiger partial charge in [-0.25, -0.2) is 0 Å². The number of nitrogens with zero attached hydrogens (tertiary/aromatic N) is 3. The molecule has 0 N–H and O–H groups in total. The van der Waals surface area contributed by atoms with Crippen LogP contribution < -0.4 is 0 Å². The fourth-order valence-electron chi connectivity index (χ4n) is 2.70. The van der Waals surface area contributed by atoms with E-state index in [4.69, 9.17) is 0 Å². The Balaban J connectivity index is 1.71. The first kappa shape index (κ1) is 15.7. The number of hydrogen-bond donors (Lipinski definition) is 0. The molecular formula is C12H22FN3O3S. The van der Waals surface area contributed by atoms with Crippen molar-refractivity contribution in [3.8, 4) is 0 Å². The van der Waals surface area contributed by atoms with E-state index in [-0.39, 0.29) is 18.9 Å². The monoisotopic (exact) mass is 307 g/mol. The summed E-state index contributed by atoms with van der Waals surface area (Å²) in [5.74, 6) is -0.255. The first-order valence-corrected chi connectivity index (χ1v) is 8.43. The molecule has 116 valence electrons. The van der Waals surface area contributed by atoms with E-state index in [1.165, 1.54) is 4.90 Å². The van der Waals surface area contributed by atoms with Crippen LogP contribution >= 0.6 is 0 Å². The Morgan fingerprint density at radius 1 is 1.20 bits per heavy atom. The molecule has 0 radical (unpaired) electrons. The lowest BCUT2D eigenvalue weighted by atomic mass is 10.3. The van der Waals surface area contributed by atoms with Crippen molar-refractivity contribution in [2.45, 2.75) is 18.1 Å². The molecule has 0 spiro atoms. The van der Waals surface area contributed by atoms with Crippen LogP contribution in [-0.4, -0.2) is 87.1 Å². The average molecular weight is 307 g/mol. The van der Waals surface area contributed by atoms with Crippen LogP contribution in [0.5, 0.6) is 0 Å². The van der Waals surface area contributed by atoms with Gasteiger partial charge < -0.3 is 14.7 Å². The van der Waals surface area contributed by atoms with Gasteiger partial charge in [-0.1, -0.05) is 0 Å². The Bertz CT molecular complexity index is 449. The van der Waals surface area contributed by atoms with Gasteiger partial charge in [0.2, 0.25) is 5.91 Å². The van der Waals surface area contributed by atoms with E-state index in [0.717, 1.165) is 39.1 Å². The molecule has 2 saturated heterocycles. The standard InChI is InChI=1S/C12H22FN3O3S/c1-14-5-7-15(8-6-14)3-2-4-16-10-11(9-12(16)17)20(13,18)19/h11H,2-10H2,1H3. The second kappa shape index (κ2) is 6.36. The molecule has 2 rings (SSSR count). The van der Waals surface area contributed by atoms with Crippen molar-refractivity contribution in [1.82, 2.24) is 14.7 Å². The number of halogens is 1. The molecule has 6 nitrogen and oxygen atoms in total. The second-order valence-corrected chi connectivity index (χ2v) is 7.26. The van der Waals surface area contributed by atoms with Gasteiger partial charge in [0.25, 0.3) is 0 Å². The fourth-order valence-corrected chi connectivity index (χ4v) is 3.40. The van der Waals surface area contributed by atoms with E-state index >= 15 is 0 Å². The summed E-state index contributed by atoms with van der Waals surface area (Å²) in [6.07, 6.45) is 0.585. The first-order valence-electron chi connectivity index (χ1n) is 6.98. The van der Waals surface area contributed by atoms with Gasteiger partial charge in [0, 0.05) is 45.7 Å². The number of likely N-dealkylation sites (N-methyl/N-ethyl adjacent to an activating group) is 1. The van der Waals surface area contributed by atoms with Gasteiger partial charge in [-0.2, -0.15) is 8.42 Å². The summed E-state index contributed by atoms with van der Waals surface area (Å²) in [5.41, 5.74) is 0. The first-order chi connectivity index (χ1) is 9.36. The zero-order chi connectivity index (χ0) is 14.8. The highest BCUT2D eigenvalue weighted by Gasteiger charge is 2.38. The number of amides is 1. The molecule has 8 heteroatoms. The smallest absolute Gasteiger partial charge is 0.307 e. The summed E-state index contributed by atoms with van der Waals surface area (Å²) in [6.45, 7) is 5.54. The van der Waals surface area contributed by atoms with E-state index < -0.39 is 15.5 Å². The Hall–Kier alpha value is -0.730. The van der Waals surface area contributed by atoms with Crippen molar-refractivity contribution in [2.24, 2.45) is 0 Å². The Morgan fingerprint density at radius 3 is 2.40 bits per heavy atom. The van der Waals surface area contributed by atoms with Gasteiger partial charge >= 0.3 is 10.2 Å². The minimum atomic E-state index is -4.60. The molecule has 2 aliphatic rings. The van der Waals surface area contributed by atoms with Gasteiger partial charge in [-0.15, -0.1) is 3.89 Å². The van der Waals surface area contributed by atoms with Crippen molar-refractivity contribution in [3.05, 3.63) is 0 Å².